The van der Waals surface area contributed by atoms with Crippen LogP contribution in [0.5, 0.6) is 0 Å². The molecule has 0 spiro atoms. The van der Waals surface area contributed by atoms with E-state index in [0.29, 0.717) is 25.4 Å². The minimum absolute atomic E-state index is 0.108. The highest BCUT2D eigenvalue weighted by atomic mass is 16.4. The van der Waals surface area contributed by atoms with Gasteiger partial charge in [0, 0.05) is 18.5 Å². The number of hydrogen-bond donors (Lipinski definition) is 2. The first-order valence-electron chi connectivity index (χ1n) is 7.51. The summed E-state index contributed by atoms with van der Waals surface area (Å²) in [5, 5.41) is 12.6. The summed E-state index contributed by atoms with van der Waals surface area (Å²) >= 11 is 0. The summed E-state index contributed by atoms with van der Waals surface area (Å²) < 4.78 is 0. The predicted octanol–water partition coefficient (Wildman–Crippen LogP) is 1.34. The molecule has 2 rings (SSSR count). The number of aliphatic carboxylic acids is 1. The minimum atomic E-state index is -0.801. The fraction of sp³-hybridized carbons (Fsp3) is 0.867. The molecule has 0 aromatic carbocycles. The number of hydrogen-bond acceptors (Lipinski definition) is 3. The van der Waals surface area contributed by atoms with Gasteiger partial charge >= 0.3 is 5.97 Å². The summed E-state index contributed by atoms with van der Waals surface area (Å²) in [4.78, 5) is 25.8. The molecule has 2 fully saturated rings. The monoisotopic (exact) mass is 282 g/mol. The van der Waals surface area contributed by atoms with Crippen LogP contribution in [0.1, 0.15) is 40.0 Å². The molecule has 20 heavy (non-hydrogen) atoms. The van der Waals surface area contributed by atoms with Gasteiger partial charge < -0.3 is 15.3 Å². The number of rotatable bonds is 3. The number of likely N-dealkylation sites (tertiary alicyclic amines) is 1. The van der Waals surface area contributed by atoms with Gasteiger partial charge in [0.15, 0.2) is 0 Å². The molecule has 2 saturated heterocycles. The lowest BCUT2D eigenvalue weighted by molar-refractivity contribution is -0.148. The molecule has 5 heteroatoms. The van der Waals surface area contributed by atoms with Gasteiger partial charge in [-0.3, -0.25) is 9.59 Å². The van der Waals surface area contributed by atoms with E-state index in [1.54, 1.807) is 11.8 Å². The number of carbonyl (C=O) groups excluding carboxylic acids is 1. The Morgan fingerprint density at radius 1 is 1.40 bits per heavy atom. The summed E-state index contributed by atoms with van der Waals surface area (Å²) in [5.41, 5.74) is -1.20. The first-order valence-corrected chi connectivity index (χ1v) is 7.51. The second kappa shape index (κ2) is 5.35. The molecule has 2 unspecified atom stereocenters. The number of piperidine rings is 1. The van der Waals surface area contributed by atoms with Crippen molar-refractivity contribution in [2.75, 3.05) is 26.2 Å². The average molecular weight is 282 g/mol. The van der Waals surface area contributed by atoms with E-state index in [-0.39, 0.29) is 5.91 Å². The summed E-state index contributed by atoms with van der Waals surface area (Å²) in [7, 11) is 0. The molecule has 0 aromatic heterocycles. The van der Waals surface area contributed by atoms with Gasteiger partial charge in [-0.1, -0.05) is 13.8 Å². The van der Waals surface area contributed by atoms with Gasteiger partial charge in [-0.2, -0.15) is 0 Å². The lowest BCUT2D eigenvalue weighted by Crippen LogP contribution is -2.49. The normalized spacial score (nSPS) is 31.4. The van der Waals surface area contributed by atoms with Crippen LogP contribution < -0.4 is 5.32 Å². The number of carboxylic acid groups (broad SMARTS) is 1. The molecule has 0 aliphatic carbocycles. The highest BCUT2D eigenvalue weighted by Gasteiger charge is 2.47. The Morgan fingerprint density at radius 3 is 2.60 bits per heavy atom. The fourth-order valence-electron chi connectivity index (χ4n) is 3.36. The Morgan fingerprint density at radius 2 is 2.10 bits per heavy atom. The summed E-state index contributed by atoms with van der Waals surface area (Å²) in [6.45, 7) is 8.55. The predicted molar refractivity (Wildman–Crippen MR) is 76.3 cm³/mol. The van der Waals surface area contributed by atoms with Crippen molar-refractivity contribution >= 4 is 11.9 Å². The number of amides is 1. The van der Waals surface area contributed by atoms with Gasteiger partial charge in [0.1, 0.15) is 0 Å². The van der Waals surface area contributed by atoms with E-state index in [4.69, 9.17) is 0 Å². The van der Waals surface area contributed by atoms with Gasteiger partial charge in [-0.15, -0.1) is 0 Å². The van der Waals surface area contributed by atoms with Crippen molar-refractivity contribution in [3.8, 4) is 0 Å². The van der Waals surface area contributed by atoms with Crippen molar-refractivity contribution < 1.29 is 14.7 Å². The van der Waals surface area contributed by atoms with Gasteiger partial charge in [-0.25, -0.2) is 0 Å². The van der Waals surface area contributed by atoms with Gasteiger partial charge in [0.2, 0.25) is 5.91 Å². The van der Waals surface area contributed by atoms with E-state index >= 15 is 0 Å². The van der Waals surface area contributed by atoms with Crippen molar-refractivity contribution in [3.63, 3.8) is 0 Å². The molecule has 0 saturated carbocycles. The molecule has 0 bridgehead atoms. The third kappa shape index (κ3) is 2.68. The number of nitrogens with zero attached hydrogens (tertiary/aromatic N) is 1. The molecule has 2 aliphatic heterocycles. The molecule has 1 amide bonds. The van der Waals surface area contributed by atoms with E-state index < -0.39 is 16.8 Å². The van der Waals surface area contributed by atoms with Crippen LogP contribution in [0.3, 0.4) is 0 Å². The van der Waals surface area contributed by atoms with Crippen LogP contribution in [0, 0.1) is 16.7 Å². The number of nitrogens with one attached hydrogen (secondary N) is 1. The lowest BCUT2D eigenvalue weighted by Gasteiger charge is -2.38. The largest absolute Gasteiger partial charge is 0.481 e. The molecular formula is C15H26N2O3. The Labute approximate surface area is 120 Å². The standard InChI is InChI=1S/C15H26N2O3/c1-14(2,11-5-4-7-16-9-11)12(18)17-8-6-15(3,10-17)13(19)20/h11,16H,4-10H2,1-3H3,(H,19,20). The second-order valence-corrected chi connectivity index (χ2v) is 7.11. The van der Waals surface area contributed by atoms with E-state index in [1.165, 1.54) is 0 Å². The third-order valence-electron chi connectivity index (χ3n) is 5.15. The molecule has 5 nitrogen and oxygen atoms in total. The molecule has 114 valence electrons. The van der Waals surface area contributed by atoms with Gasteiger partial charge in [0.05, 0.1) is 5.41 Å². The lowest BCUT2D eigenvalue weighted by atomic mass is 9.74. The zero-order valence-electron chi connectivity index (χ0n) is 12.7. The Kier molecular flexibility index (Phi) is 4.09. The number of carbonyl (C=O) groups is 2. The van der Waals surface area contributed by atoms with Crippen LogP contribution in [-0.4, -0.2) is 48.1 Å². The zero-order chi connectivity index (χ0) is 15.0. The molecule has 0 aromatic rings. The van der Waals surface area contributed by atoms with Crippen LogP contribution in [-0.2, 0) is 9.59 Å². The first-order chi connectivity index (χ1) is 9.27. The Balaban J connectivity index is 2.05. The molecule has 2 aliphatic rings. The molecule has 0 radical (unpaired) electrons. The molecule has 2 N–H and O–H groups in total. The zero-order valence-corrected chi connectivity index (χ0v) is 12.7. The van der Waals surface area contributed by atoms with E-state index in [9.17, 15) is 14.7 Å². The molecular weight excluding hydrogens is 256 g/mol. The molecule has 2 heterocycles. The maximum atomic E-state index is 12.8. The van der Waals surface area contributed by atoms with Crippen molar-refractivity contribution in [2.45, 2.75) is 40.0 Å². The molecule has 2 atom stereocenters. The van der Waals surface area contributed by atoms with E-state index in [0.717, 1.165) is 25.9 Å². The maximum absolute atomic E-state index is 12.8. The summed E-state index contributed by atoms with van der Waals surface area (Å²) in [6, 6.07) is 0. The first kappa shape index (κ1) is 15.3. The van der Waals surface area contributed by atoms with Gasteiger partial charge in [-0.05, 0) is 45.2 Å². The van der Waals surface area contributed by atoms with Crippen LogP contribution >= 0.6 is 0 Å². The van der Waals surface area contributed by atoms with E-state index in [2.05, 4.69) is 5.32 Å². The summed E-state index contributed by atoms with van der Waals surface area (Å²) in [6.07, 6.45) is 2.72. The van der Waals surface area contributed by atoms with E-state index in [1.807, 2.05) is 13.8 Å². The van der Waals surface area contributed by atoms with Crippen molar-refractivity contribution in [3.05, 3.63) is 0 Å². The maximum Gasteiger partial charge on any atom is 0.311 e. The van der Waals surface area contributed by atoms with Crippen molar-refractivity contribution in [1.82, 2.24) is 10.2 Å². The Bertz CT molecular complexity index is 402. The third-order valence-corrected chi connectivity index (χ3v) is 5.15. The summed E-state index contributed by atoms with van der Waals surface area (Å²) in [5.74, 6) is -0.360. The average Bonchev–Trinajstić information content (AvgIpc) is 2.83. The highest BCUT2D eigenvalue weighted by Crippen LogP contribution is 2.37. The quantitative estimate of drug-likeness (QED) is 0.819. The smallest absolute Gasteiger partial charge is 0.311 e. The van der Waals surface area contributed by atoms with Crippen molar-refractivity contribution in [2.24, 2.45) is 16.7 Å². The fourth-order valence-corrected chi connectivity index (χ4v) is 3.36. The SMILES string of the molecule is CC1(C(=O)O)CCN(C(=O)C(C)(C)C2CCCNC2)C1. The van der Waals surface area contributed by atoms with Gasteiger partial charge in [0.25, 0.3) is 0 Å². The van der Waals surface area contributed by atoms with Crippen LogP contribution in [0.2, 0.25) is 0 Å². The second-order valence-electron chi connectivity index (χ2n) is 7.11. The number of carboxylic acids is 1. The minimum Gasteiger partial charge on any atom is -0.481 e. The topological polar surface area (TPSA) is 69.6 Å². The van der Waals surface area contributed by atoms with Crippen LogP contribution in [0.15, 0.2) is 0 Å². The van der Waals surface area contributed by atoms with Crippen LogP contribution in [0.4, 0.5) is 0 Å². The van der Waals surface area contributed by atoms with Crippen LogP contribution in [0.25, 0.3) is 0 Å². The Hall–Kier alpha value is -1.10. The van der Waals surface area contributed by atoms with Crippen molar-refractivity contribution in [1.29, 1.82) is 0 Å². The highest BCUT2D eigenvalue weighted by molar-refractivity contribution is 5.84.